The summed E-state index contributed by atoms with van der Waals surface area (Å²) in [6, 6.07) is 23.3. The van der Waals surface area contributed by atoms with Crippen LogP contribution in [0, 0.1) is 0 Å². The van der Waals surface area contributed by atoms with Gasteiger partial charge in [-0.1, -0.05) is 30.3 Å². The van der Waals surface area contributed by atoms with Gasteiger partial charge in [0.05, 0.1) is 30.7 Å². The first kappa shape index (κ1) is 27.3. The van der Waals surface area contributed by atoms with Crippen molar-refractivity contribution in [2.45, 2.75) is 4.90 Å². The van der Waals surface area contributed by atoms with Crippen molar-refractivity contribution in [3.8, 4) is 5.75 Å². The molecule has 0 aliphatic carbocycles. The summed E-state index contributed by atoms with van der Waals surface area (Å²) >= 11 is 1.47. The van der Waals surface area contributed by atoms with Crippen molar-refractivity contribution < 1.29 is 19.1 Å². The van der Waals surface area contributed by atoms with Crippen LogP contribution in [0.5, 0.6) is 5.75 Å². The van der Waals surface area contributed by atoms with Crippen molar-refractivity contribution in [1.82, 2.24) is 5.32 Å². The highest BCUT2D eigenvalue weighted by atomic mass is 32.2. The largest absolute Gasteiger partial charge is 0.495 e. The maximum absolute atomic E-state index is 13.2. The molecule has 2 amide bonds. The van der Waals surface area contributed by atoms with Gasteiger partial charge in [-0.3, -0.25) is 9.59 Å². The van der Waals surface area contributed by atoms with E-state index in [1.165, 1.54) is 11.8 Å². The van der Waals surface area contributed by atoms with Gasteiger partial charge in [-0.2, -0.15) is 0 Å². The fourth-order valence-corrected chi connectivity index (χ4v) is 5.09. The number of benzene rings is 3. The van der Waals surface area contributed by atoms with E-state index in [-0.39, 0.29) is 17.6 Å². The molecule has 1 aliphatic rings. The maximum atomic E-state index is 13.2. The Bertz CT molecular complexity index is 1220. The predicted molar refractivity (Wildman–Crippen MR) is 154 cm³/mol. The molecule has 0 saturated carbocycles. The van der Waals surface area contributed by atoms with Crippen molar-refractivity contribution in [1.29, 1.82) is 0 Å². The van der Waals surface area contributed by atoms with Crippen molar-refractivity contribution in [2.24, 2.45) is 0 Å². The van der Waals surface area contributed by atoms with Crippen LogP contribution in [0.4, 0.5) is 17.1 Å². The molecule has 8 nitrogen and oxygen atoms in total. The van der Waals surface area contributed by atoms with E-state index in [9.17, 15) is 9.59 Å². The smallest absolute Gasteiger partial charge is 0.253 e. The second kappa shape index (κ2) is 13.7. The molecule has 4 rings (SSSR count). The number of rotatable bonds is 11. The summed E-state index contributed by atoms with van der Waals surface area (Å²) in [4.78, 5) is 31.3. The topological polar surface area (TPSA) is 83.1 Å². The van der Waals surface area contributed by atoms with Crippen molar-refractivity contribution >= 4 is 40.6 Å². The summed E-state index contributed by atoms with van der Waals surface area (Å²) in [5.41, 5.74) is 3.03. The number of nitrogens with zero attached hydrogens (tertiary/aromatic N) is 2. The monoisotopic (exact) mass is 534 g/mol. The molecule has 1 aliphatic heterocycles. The lowest BCUT2D eigenvalue weighted by Crippen LogP contribution is -2.47. The van der Waals surface area contributed by atoms with E-state index >= 15 is 0 Å². The third kappa shape index (κ3) is 7.20. The summed E-state index contributed by atoms with van der Waals surface area (Å²) in [6.07, 6.45) is 0. The molecule has 0 spiro atoms. The Morgan fingerprint density at radius 3 is 2.26 bits per heavy atom. The highest BCUT2D eigenvalue weighted by molar-refractivity contribution is 8.00. The van der Waals surface area contributed by atoms with E-state index in [4.69, 9.17) is 9.47 Å². The SMILES string of the molecule is COCCNC(=O)c1cc(NC(=O)CSc2ccccc2)ccc1N1CCN(c2ccccc2OC)CC1. The Hall–Kier alpha value is -3.69. The molecule has 1 heterocycles. The van der Waals surface area contributed by atoms with Crippen LogP contribution >= 0.6 is 11.8 Å². The van der Waals surface area contributed by atoms with Gasteiger partial charge in [0.15, 0.2) is 0 Å². The molecule has 2 N–H and O–H groups in total. The number of hydrogen-bond acceptors (Lipinski definition) is 7. The minimum absolute atomic E-state index is 0.122. The van der Waals surface area contributed by atoms with Gasteiger partial charge in [0.1, 0.15) is 5.75 Å². The normalized spacial score (nSPS) is 13.2. The standard InChI is InChI=1S/C29H34N4O4S/c1-36-19-14-30-29(35)24-20-22(31-28(34)21-38-23-8-4-3-5-9-23)12-13-25(24)32-15-17-33(18-16-32)26-10-6-7-11-27(26)37-2/h3-13,20H,14-19,21H2,1-2H3,(H,30,35)(H,31,34). The molecule has 200 valence electrons. The quantitative estimate of drug-likeness (QED) is 0.283. The number of piperazine rings is 1. The first-order valence-electron chi connectivity index (χ1n) is 12.6. The fourth-order valence-electron chi connectivity index (χ4n) is 4.38. The molecular formula is C29H34N4O4S. The lowest BCUT2D eigenvalue weighted by molar-refractivity contribution is -0.113. The zero-order valence-electron chi connectivity index (χ0n) is 21.8. The maximum Gasteiger partial charge on any atom is 0.253 e. The van der Waals surface area contributed by atoms with E-state index in [0.717, 1.165) is 48.2 Å². The highest BCUT2D eigenvalue weighted by Gasteiger charge is 2.24. The second-order valence-electron chi connectivity index (χ2n) is 8.78. The number of anilines is 3. The van der Waals surface area contributed by atoms with Crippen molar-refractivity contribution in [2.75, 3.05) is 74.4 Å². The zero-order valence-corrected chi connectivity index (χ0v) is 22.6. The average molecular weight is 535 g/mol. The number of methoxy groups -OCH3 is 2. The summed E-state index contributed by atoms with van der Waals surface area (Å²) in [6.45, 7) is 3.90. The Morgan fingerprint density at radius 2 is 1.55 bits per heavy atom. The Kier molecular flexibility index (Phi) is 9.89. The van der Waals surface area contributed by atoms with Gasteiger partial charge < -0.3 is 29.9 Å². The number of carbonyl (C=O) groups is 2. The minimum atomic E-state index is -0.195. The number of hydrogen-bond donors (Lipinski definition) is 2. The van der Waals surface area contributed by atoms with E-state index in [1.54, 1.807) is 20.3 Å². The highest BCUT2D eigenvalue weighted by Crippen LogP contribution is 2.31. The number of ether oxygens (including phenoxy) is 2. The van der Waals surface area contributed by atoms with Crippen LogP contribution in [0.1, 0.15) is 10.4 Å². The molecule has 0 aromatic heterocycles. The zero-order chi connectivity index (χ0) is 26.7. The van der Waals surface area contributed by atoms with Crippen LogP contribution in [-0.4, -0.2) is 71.1 Å². The summed E-state index contributed by atoms with van der Waals surface area (Å²) in [5, 5.41) is 5.86. The molecule has 3 aromatic rings. The molecule has 0 bridgehead atoms. The molecule has 9 heteroatoms. The van der Waals surface area contributed by atoms with Crippen LogP contribution in [0.25, 0.3) is 0 Å². The van der Waals surface area contributed by atoms with Crippen LogP contribution in [-0.2, 0) is 9.53 Å². The molecule has 1 fully saturated rings. The molecule has 0 unspecified atom stereocenters. The fraction of sp³-hybridized carbons (Fsp3) is 0.310. The number of para-hydroxylation sites is 2. The number of carbonyl (C=O) groups excluding carboxylic acids is 2. The van der Waals surface area contributed by atoms with Gasteiger partial charge >= 0.3 is 0 Å². The first-order valence-corrected chi connectivity index (χ1v) is 13.6. The predicted octanol–water partition coefficient (Wildman–Crippen LogP) is 4.13. The number of amides is 2. The van der Waals surface area contributed by atoms with E-state index in [2.05, 4.69) is 26.5 Å². The van der Waals surface area contributed by atoms with Gasteiger partial charge in [0, 0.05) is 56.1 Å². The summed E-state index contributed by atoms with van der Waals surface area (Å²) in [7, 11) is 3.28. The van der Waals surface area contributed by atoms with Gasteiger partial charge in [-0.05, 0) is 42.5 Å². The Labute approximate surface area is 228 Å². The number of nitrogens with one attached hydrogen (secondary N) is 2. The molecule has 0 atom stereocenters. The molecule has 3 aromatic carbocycles. The molecule has 38 heavy (non-hydrogen) atoms. The van der Waals surface area contributed by atoms with E-state index in [1.807, 2.05) is 60.7 Å². The van der Waals surface area contributed by atoms with Crippen LogP contribution in [0.15, 0.2) is 77.7 Å². The summed E-state index contributed by atoms with van der Waals surface area (Å²) < 4.78 is 10.6. The Morgan fingerprint density at radius 1 is 0.868 bits per heavy atom. The third-order valence-electron chi connectivity index (χ3n) is 6.28. The van der Waals surface area contributed by atoms with Crippen LogP contribution < -0.4 is 25.2 Å². The lowest BCUT2D eigenvalue weighted by atomic mass is 10.1. The van der Waals surface area contributed by atoms with Gasteiger partial charge in [-0.25, -0.2) is 0 Å². The average Bonchev–Trinajstić information content (AvgIpc) is 2.97. The van der Waals surface area contributed by atoms with Crippen LogP contribution in [0.2, 0.25) is 0 Å². The van der Waals surface area contributed by atoms with Crippen LogP contribution in [0.3, 0.4) is 0 Å². The molecule has 1 saturated heterocycles. The number of thioether (sulfide) groups is 1. The van der Waals surface area contributed by atoms with Gasteiger partial charge in [0.2, 0.25) is 5.91 Å². The third-order valence-corrected chi connectivity index (χ3v) is 7.29. The first-order chi connectivity index (χ1) is 18.6. The summed E-state index contributed by atoms with van der Waals surface area (Å²) in [5.74, 6) is 0.817. The Balaban J connectivity index is 1.46. The van der Waals surface area contributed by atoms with Gasteiger partial charge in [-0.15, -0.1) is 11.8 Å². The van der Waals surface area contributed by atoms with Crippen molar-refractivity contribution in [3.05, 3.63) is 78.4 Å². The van der Waals surface area contributed by atoms with Crippen molar-refractivity contribution in [3.63, 3.8) is 0 Å². The second-order valence-corrected chi connectivity index (χ2v) is 9.83. The van der Waals surface area contributed by atoms with Gasteiger partial charge in [0.25, 0.3) is 5.91 Å². The van der Waals surface area contributed by atoms with E-state index in [0.29, 0.717) is 24.4 Å². The minimum Gasteiger partial charge on any atom is -0.495 e. The lowest BCUT2D eigenvalue weighted by Gasteiger charge is -2.38. The van der Waals surface area contributed by atoms with E-state index < -0.39 is 0 Å². The molecular weight excluding hydrogens is 500 g/mol. The molecule has 0 radical (unpaired) electrons.